The highest BCUT2D eigenvalue weighted by atomic mass is 16.2. The lowest BCUT2D eigenvalue weighted by Gasteiger charge is -2.33. The van der Waals surface area contributed by atoms with Gasteiger partial charge in [0.15, 0.2) is 0 Å². The molecule has 2 fully saturated rings. The average Bonchev–Trinajstić information content (AvgIpc) is 2.34. The van der Waals surface area contributed by atoms with Gasteiger partial charge < -0.3 is 10.6 Å². The predicted octanol–water partition coefficient (Wildman–Crippen LogP) is 0.0186. The van der Waals surface area contributed by atoms with E-state index in [0.29, 0.717) is 0 Å². The number of rotatable bonds is 0. The van der Waals surface area contributed by atoms with Crippen LogP contribution in [0.3, 0.4) is 0 Å². The largest absolute Gasteiger partial charge is 0.351 e. The van der Waals surface area contributed by atoms with Crippen LogP contribution in [0.2, 0.25) is 0 Å². The lowest BCUT2D eigenvalue weighted by molar-refractivity contribution is -0.119. The molecule has 0 aromatic rings. The van der Waals surface area contributed by atoms with Gasteiger partial charge >= 0.3 is 0 Å². The standard InChI is InChI=1S/C8H14N2O/c11-7-1-2-8(10-7)3-5-9-6-4-8/h9H,1-6H2,(H,10,11). The maximum absolute atomic E-state index is 11.0. The fourth-order valence-electron chi connectivity index (χ4n) is 2.05. The zero-order valence-electron chi connectivity index (χ0n) is 6.65. The maximum Gasteiger partial charge on any atom is 0.220 e. The maximum atomic E-state index is 11.0. The van der Waals surface area contributed by atoms with Crippen molar-refractivity contribution in [1.29, 1.82) is 0 Å². The molecule has 0 radical (unpaired) electrons. The highest BCUT2D eigenvalue weighted by Gasteiger charge is 2.37. The Bertz CT molecular complexity index is 173. The molecule has 2 saturated heterocycles. The van der Waals surface area contributed by atoms with Gasteiger partial charge in [-0.3, -0.25) is 4.79 Å². The summed E-state index contributed by atoms with van der Waals surface area (Å²) in [7, 11) is 0. The first-order valence-electron chi connectivity index (χ1n) is 4.33. The van der Waals surface area contributed by atoms with Gasteiger partial charge in [0.2, 0.25) is 5.91 Å². The summed E-state index contributed by atoms with van der Waals surface area (Å²) in [5.74, 6) is 0.243. The first kappa shape index (κ1) is 7.10. The van der Waals surface area contributed by atoms with Crippen molar-refractivity contribution in [2.75, 3.05) is 13.1 Å². The van der Waals surface area contributed by atoms with E-state index in [1.54, 1.807) is 0 Å². The quantitative estimate of drug-likeness (QED) is 0.516. The molecule has 11 heavy (non-hydrogen) atoms. The van der Waals surface area contributed by atoms with E-state index in [-0.39, 0.29) is 11.4 Å². The monoisotopic (exact) mass is 154 g/mol. The minimum Gasteiger partial charge on any atom is -0.351 e. The molecule has 0 aliphatic carbocycles. The van der Waals surface area contributed by atoms with Crippen LogP contribution in [0.5, 0.6) is 0 Å². The van der Waals surface area contributed by atoms with Gasteiger partial charge in [0, 0.05) is 12.0 Å². The SMILES string of the molecule is O=C1CCC2(CCNCC2)N1. The predicted molar refractivity (Wildman–Crippen MR) is 42.2 cm³/mol. The van der Waals surface area contributed by atoms with Crippen molar-refractivity contribution in [3.63, 3.8) is 0 Å². The summed E-state index contributed by atoms with van der Waals surface area (Å²) in [6.07, 6.45) is 4.00. The van der Waals surface area contributed by atoms with Gasteiger partial charge in [0.05, 0.1) is 0 Å². The molecule has 3 nitrogen and oxygen atoms in total. The Morgan fingerprint density at radius 3 is 2.45 bits per heavy atom. The van der Waals surface area contributed by atoms with Crippen LogP contribution in [0.4, 0.5) is 0 Å². The van der Waals surface area contributed by atoms with Crippen LogP contribution in [0.15, 0.2) is 0 Å². The molecule has 62 valence electrons. The van der Waals surface area contributed by atoms with E-state index >= 15 is 0 Å². The molecule has 1 amide bonds. The third-order valence-electron chi connectivity index (χ3n) is 2.80. The molecular weight excluding hydrogens is 140 g/mol. The van der Waals surface area contributed by atoms with Crippen molar-refractivity contribution < 1.29 is 4.79 Å². The van der Waals surface area contributed by atoms with Gasteiger partial charge in [-0.05, 0) is 32.4 Å². The summed E-state index contributed by atoms with van der Waals surface area (Å²) in [6.45, 7) is 2.11. The van der Waals surface area contributed by atoms with Crippen LogP contribution in [-0.2, 0) is 4.79 Å². The second-order valence-electron chi connectivity index (χ2n) is 3.58. The second-order valence-corrected chi connectivity index (χ2v) is 3.58. The number of hydrogen-bond acceptors (Lipinski definition) is 2. The number of carbonyl (C=O) groups is 1. The smallest absolute Gasteiger partial charge is 0.220 e. The first-order valence-corrected chi connectivity index (χ1v) is 4.33. The number of carbonyl (C=O) groups excluding carboxylic acids is 1. The summed E-state index contributed by atoms with van der Waals surface area (Å²) in [4.78, 5) is 11.0. The molecule has 2 aliphatic rings. The van der Waals surface area contributed by atoms with Gasteiger partial charge in [-0.2, -0.15) is 0 Å². The third kappa shape index (κ3) is 1.25. The molecule has 3 heteroatoms. The van der Waals surface area contributed by atoms with Crippen molar-refractivity contribution in [2.24, 2.45) is 0 Å². The Labute approximate surface area is 66.5 Å². The van der Waals surface area contributed by atoms with Crippen LogP contribution in [0.25, 0.3) is 0 Å². The Kier molecular flexibility index (Phi) is 1.60. The first-order chi connectivity index (χ1) is 5.31. The lowest BCUT2D eigenvalue weighted by atomic mass is 9.87. The van der Waals surface area contributed by atoms with E-state index < -0.39 is 0 Å². The fraction of sp³-hybridized carbons (Fsp3) is 0.875. The molecular formula is C8H14N2O. The zero-order valence-corrected chi connectivity index (χ0v) is 6.65. The van der Waals surface area contributed by atoms with E-state index in [4.69, 9.17) is 0 Å². The summed E-state index contributed by atoms with van der Waals surface area (Å²) in [6, 6.07) is 0. The van der Waals surface area contributed by atoms with Crippen LogP contribution < -0.4 is 10.6 Å². The van der Waals surface area contributed by atoms with E-state index in [2.05, 4.69) is 10.6 Å². The molecule has 0 aromatic carbocycles. The van der Waals surface area contributed by atoms with Crippen LogP contribution in [0, 0.1) is 0 Å². The molecule has 2 rings (SSSR count). The van der Waals surface area contributed by atoms with Crippen molar-refractivity contribution in [2.45, 2.75) is 31.2 Å². The van der Waals surface area contributed by atoms with Crippen molar-refractivity contribution in [3.8, 4) is 0 Å². The summed E-state index contributed by atoms with van der Waals surface area (Å²) >= 11 is 0. The van der Waals surface area contributed by atoms with Gasteiger partial charge in [-0.25, -0.2) is 0 Å². The molecule has 0 atom stereocenters. The summed E-state index contributed by atoms with van der Waals surface area (Å²) in [5.41, 5.74) is 0.183. The fourth-order valence-corrected chi connectivity index (χ4v) is 2.05. The van der Waals surface area contributed by atoms with Gasteiger partial charge in [-0.15, -0.1) is 0 Å². The number of nitrogens with one attached hydrogen (secondary N) is 2. The molecule has 0 aromatic heterocycles. The second kappa shape index (κ2) is 2.48. The average molecular weight is 154 g/mol. The van der Waals surface area contributed by atoms with E-state index in [9.17, 15) is 4.79 Å². The molecule has 0 unspecified atom stereocenters. The minimum absolute atomic E-state index is 0.183. The molecule has 2 aliphatic heterocycles. The van der Waals surface area contributed by atoms with Crippen molar-refractivity contribution >= 4 is 5.91 Å². The molecule has 2 heterocycles. The van der Waals surface area contributed by atoms with Crippen LogP contribution in [-0.4, -0.2) is 24.5 Å². The molecule has 0 bridgehead atoms. The normalized spacial score (nSPS) is 28.9. The van der Waals surface area contributed by atoms with Crippen LogP contribution >= 0.6 is 0 Å². The van der Waals surface area contributed by atoms with Crippen LogP contribution in [0.1, 0.15) is 25.7 Å². The number of piperidine rings is 1. The highest BCUT2D eigenvalue weighted by molar-refractivity contribution is 5.79. The van der Waals surface area contributed by atoms with E-state index in [0.717, 1.165) is 38.8 Å². The molecule has 0 saturated carbocycles. The van der Waals surface area contributed by atoms with E-state index in [1.165, 1.54) is 0 Å². The Morgan fingerprint density at radius 1 is 1.18 bits per heavy atom. The minimum atomic E-state index is 0.183. The summed E-state index contributed by atoms with van der Waals surface area (Å²) in [5, 5.41) is 6.39. The van der Waals surface area contributed by atoms with Crippen molar-refractivity contribution in [1.82, 2.24) is 10.6 Å². The molecule has 1 spiro atoms. The van der Waals surface area contributed by atoms with Gasteiger partial charge in [0.1, 0.15) is 0 Å². The Morgan fingerprint density at radius 2 is 1.91 bits per heavy atom. The lowest BCUT2D eigenvalue weighted by Crippen LogP contribution is -2.49. The summed E-state index contributed by atoms with van der Waals surface area (Å²) < 4.78 is 0. The Balaban J connectivity index is 2.03. The third-order valence-corrected chi connectivity index (χ3v) is 2.80. The highest BCUT2D eigenvalue weighted by Crippen LogP contribution is 2.28. The number of hydrogen-bond donors (Lipinski definition) is 2. The van der Waals surface area contributed by atoms with E-state index in [1.807, 2.05) is 0 Å². The topological polar surface area (TPSA) is 41.1 Å². The van der Waals surface area contributed by atoms with Gasteiger partial charge in [0.25, 0.3) is 0 Å². The zero-order chi connectivity index (χ0) is 7.73. The van der Waals surface area contributed by atoms with Crippen molar-refractivity contribution in [3.05, 3.63) is 0 Å². The number of amides is 1. The van der Waals surface area contributed by atoms with Gasteiger partial charge in [-0.1, -0.05) is 0 Å². The Hall–Kier alpha value is -0.570. The molecule has 2 N–H and O–H groups in total.